The third-order valence-corrected chi connectivity index (χ3v) is 4.44. The zero-order chi connectivity index (χ0) is 21.5. The van der Waals surface area contributed by atoms with Crippen LogP contribution in [0.15, 0.2) is 29.3 Å². The number of guanidine groups is 1. The molecule has 30 heavy (non-hydrogen) atoms. The minimum Gasteiger partial charge on any atom is -0.371 e. The molecule has 5 nitrogen and oxygen atoms in total. The van der Waals surface area contributed by atoms with Crippen molar-refractivity contribution in [2.24, 2.45) is 4.99 Å². The minimum absolute atomic E-state index is 0. The highest BCUT2D eigenvalue weighted by atomic mass is 127. The number of alkyl halides is 3. The van der Waals surface area contributed by atoms with Crippen LogP contribution in [0.2, 0.25) is 0 Å². The van der Waals surface area contributed by atoms with Crippen molar-refractivity contribution in [2.45, 2.75) is 65.1 Å². The molecule has 2 N–H and O–H groups in total. The van der Waals surface area contributed by atoms with E-state index in [9.17, 15) is 13.2 Å². The normalized spacial score (nSPS) is 18.2. The molecule has 1 aromatic rings. The molecule has 9 heteroatoms. The molecule has 0 bridgehead atoms. The predicted octanol–water partition coefficient (Wildman–Crippen LogP) is 4.31. The number of hydrogen-bond acceptors (Lipinski definition) is 3. The molecule has 172 valence electrons. The lowest BCUT2D eigenvalue weighted by molar-refractivity contribution is -0.143. The second-order valence-electron chi connectivity index (χ2n) is 8.40. The molecule has 1 aromatic carbocycles. The molecular formula is C21H34F3IN4O. The van der Waals surface area contributed by atoms with Gasteiger partial charge >= 0.3 is 6.18 Å². The van der Waals surface area contributed by atoms with Crippen LogP contribution < -0.4 is 10.6 Å². The molecule has 1 unspecified atom stereocenters. The third-order valence-electron chi connectivity index (χ3n) is 4.44. The Kier molecular flexibility index (Phi) is 10.9. The summed E-state index contributed by atoms with van der Waals surface area (Å²) in [5.74, 6) is 0.628. The first-order valence-corrected chi connectivity index (χ1v) is 10.1. The summed E-state index contributed by atoms with van der Waals surface area (Å²) >= 11 is 0. The molecule has 1 atom stereocenters. The Labute approximate surface area is 194 Å². The van der Waals surface area contributed by atoms with Crippen molar-refractivity contribution in [2.75, 3.05) is 26.2 Å². The summed E-state index contributed by atoms with van der Waals surface area (Å²) in [5.41, 5.74) is 1.95. The van der Waals surface area contributed by atoms with Crippen molar-refractivity contribution >= 4 is 29.9 Å². The second-order valence-corrected chi connectivity index (χ2v) is 8.40. The van der Waals surface area contributed by atoms with Gasteiger partial charge in [0.2, 0.25) is 0 Å². The summed E-state index contributed by atoms with van der Waals surface area (Å²) in [6.07, 6.45) is -3.49. The zero-order valence-electron chi connectivity index (χ0n) is 18.2. The Morgan fingerprint density at radius 2 is 1.93 bits per heavy atom. The molecule has 0 amide bonds. The molecule has 0 saturated carbocycles. The molecule has 1 fully saturated rings. The van der Waals surface area contributed by atoms with Gasteiger partial charge < -0.3 is 15.4 Å². The first-order chi connectivity index (χ1) is 13.5. The van der Waals surface area contributed by atoms with Gasteiger partial charge in [0.15, 0.2) is 5.96 Å². The maximum atomic E-state index is 12.6. The second kappa shape index (κ2) is 12.1. The third kappa shape index (κ3) is 10.8. The average Bonchev–Trinajstić information content (AvgIpc) is 3.03. The van der Waals surface area contributed by atoms with E-state index >= 15 is 0 Å². The van der Waals surface area contributed by atoms with Crippen LogP contribution in [0.25, 0.3) is 0 Å². The van der Waals surface area contributed by atoms with E-state index in [0.29, 0.717) is 45.2 Å². The Balaban J connectivity index is 0.00000450. The van der Waals surface area contributed by atoms with Gasteiger partial charge in [-0.05, 0) is 45.2 Å². The van der Waals surface area contributed by atoms with Crippen LogP contribution in [-0.4, -0.2) is 54.9 Å². The molecule has 1 heterocycles. The Hall–Kier alpha value is -1.07. The molecule has 0 aromatic heterocycles. The van der Waals surface area contributed by atoms with Gasteiger partial charge in [0.05, 0.1) is 25.3 Å². The lowest BCUT2D eigenvalue weighted by Crippen LogP contribution is -2.45. The highest BCUT2D eigenvalue weighted by Crippen LogP contribution is 2.20. The van der Waals surface area contributed by atoms with Crippen LogP contribution in [0.1, 0.15) is 45.2 Å². The van der Waals surface area contributed by atoms with Gasteiger partial charge in [0.1, 0.15) is 0 Å². The van der Waals surface area contributed by atoms with E-state index in [0.717, 1.165) is 11.1 Å². The monoisotopic (exact) mass is 542 g/mol. The fourth-order valence-electron chi connectivity index (χ4n) is 3.15. The van der Waals surface area contributed by atoms with E-state index in [-0.39, 0.29) is 35.6 Å². The SMILES string of the molecule is CCNC(=NCc1cccc(COC(C)(C)C)c1)NC1CCN(CC(F)(F)F)C1.I. The molecule has 2 rings (SSSR count). The number of nitrogens with zero attached hydrogens (tertiary/aromatic N) is 2. The zero-order valence-corrected chi connectivity index (χ0v) is 20.5. The summed E-state index contributed by atoms with van der Waals surface area (Å²) in [7, 11) is 0. The molecule has 1 saturated heterocycles. The quantitative estimate of drug-likeness (QED) is 0.307. The van der Waals surface area contributed by atoms with Gasteiger partial charge in [0.25, 0.3) is 0 Å². The number of hydrogen-bond donors (Lipinski definition) is 2. The van der Waals surface area contributed by atoms with E-state index in [4.69, 9.17) is 4.74 Å². The Bertz CT molecular complexity index is 677. The largest absolute Gasteiger partial charge is 0.401 e. The van der Waals surface area contributed by atoms with E-state index in [1.54, 1.807) is 0 Å². The summed E-state index contributed by atoms with van der Waals surface area (Å²) in [4.78, 5) is 6.04. The molecule has 0 aliphatic carbocycles. The highest BCUT2D eigenvalue weighted by molar-refractivity contribution is 14.0. The van der Waals surface area contributed by atoms with Crippen molar-refractivity contribution in [1.82, 2.24) is 15.5 Å². The van der Waals surface area contributed by atoms with Gasteiger partial charge in [-0.3, -0.25) is 4.90 Å². The highest BCUT2D eigenvalue weighted by Gasteiger charge is 2.34. The number of aliphatic imine (C=N–C) groups is 1. The van der Waals surface area contributed by atoms with Gasteiger partial charge in [0, 0.05) is 25.7 Å². The fourth-order valence-corrected chi connectivity index (χ4v) is 3.15. The van der Waals surface area contributed by atoms with Crippen LogP contribution in [0.5, 0.6) is 0 Å². The number of rotatable bonds is 7. The van der Waals surface area contributed by atoms with Gasteiger partial charge in [-0.25, -0.2) is 4.99 Å². The van der Waals surface area contributed by atoms with Crippen molar-refractivity contribution in [3.8, 4) is 0 Å². The average molecular weight is 542 g/mol. The van der Waals surface area contributed by atoms with Crippen molar-refractivity contribution in [1.29, 1.82) is 0 Å². The number of halogens is 4. The van der Waals surface area contributed by atoms with Gasteiger partial charge in [-0.15, -0.1) is 24.0 Å². The van der Waals surface area contributed by atoms with Gasteiger partial charge in [-0.1, -0.05) is 24.3 Å². The van der Waals surface area contributed by atoms with Crippen LogP contribution in [0, 0.1) is 0 Å². The van der Waals surface area contributed by atoms with E-state index in [1.807, 2.05) is 45.9 Å². The minimum atomic E-state index is -4.16. The molecular weight excluding hydrogens is 508 g/mol. The first-order valence-electron chi connectivity index (χ1n) is 10.1. The smallest absolute Gasteiger partial charge is 0.371 e. The number of ether oxygens (including phenoxy) is 1. The summed E-state index contributed by atoms with van der Waals surface area (Å²) in [6, 6.07) is 8.05. The molecule has 1 aliphatic heterocycles. The summed E-state index contributed by atoms with van der Waals surface area (Å²) in [6.45, 7) is 9.68. The summed E-state index contributed by atoms with van der Waals surface area (Å²) in [5, 5.41) is 6.44. The number of nitrogens with one attached hydrogen (secondary N) is 2. The Morgan fingerprint density at radius 1 is 1.23 bits per heavy atom. The molecule has 1 aliphatic rings. The predicted molar refractivity (Wildman–Crippen MR) is 125 cm³/mol. The summed E-state index contributed by atoms with van der Waals surface area (Å²) < 4.78 is 43.5. The number of likely N-dealkylation sites (tertiary alicyclic amines) is 1. The van der Waals surface area contributed by atoms with E-state index in [1.165, 1.54) is 4.90 Å². The van der Waals surface area contributed by atoms with Crippen LogP contribution in [-0.2, 0) is 17.9 Å². The van der Waals surface area contributed by atoms with Crippen molar-refractivity contribution in [3.05, 3.63) is 35.4 Å². The first kappa shape index (κ1) is 27.0. The van der Waals surface area contributed by atoms with Crippen molar-refractivity contribution in [3.63, 3.8) is 0 Å². The van der Waals surface area contributed by atoms with E-state index in [2.05, 4.69) is 21.7 Å². The maximum Gasteiger partial charge on any atom is 0.401 e. The van der Waals surface area contributed by atoms with Crippen LogP contribution in [0.4, 0.5) is 13.2 Å². The van der Waals surface area contributed by atoms with Crippen LogP contribution >= 0.6 is 24.0 Å². The van der Waals surface area contributed by atoms with Gasteiger partial charge in [-0.2, -0.15) is 13.2 Å². The lowest BCUT2D eigenvalue weighted by Gasteiger charge is -2.20. The molecule has 0 spiro atoms. The topological polar surface area (TPSA) is 48.9 Å². The van der Waals surface area contributed by atoms with Crippen molar-refractivity contribution < 1.29 is 17.9 Å². The Morgan fingerprint density at radius 3 is 2.57 bits per heavy atom. The molecule has 0 radical (unpaired) electrons. The van der Waals surface area contributed by atoms with E-state index < -0.39 is 12.7 Å². The lowest BCUT2D eigenvalue weighted by atomic mass is 10.1. The number of benzene rings is 1. The standard InChI is InChI=1S/C21H33F3N4O.HI/c1-5-25-19(27-18-9-10-28(13-18)15-21(22,23)24)26-12-16-7-6-8-17(11-16)14-29-20(2,3)4;/h6-8,11,18H,5,9-10,12-15H2,1-4H3,(H2,25,26,27);1H. The maximum absolute atomic E-state index is 12.6. The van der Waals surface area contributed by atoms with Crippen LogP contribution in [0.3, 0.4) is 0 Å². The fraction of sp³-hybridized carbons (Fsp3) is 0.667.